The van der Waals surface area contributed by atoms with Crippen molar-refractivity contribution in [1.82, 2.24) is 19.6 Å². The zero-order valence-electron chi connectivity index (χ0n) is 15.6. The van der Waals surface area contributed by atoms with Gasteiger partial charge in [-0.25, -0.2) is 0 Å². The Morgan fingerprint density at radius 1 is 1.11 bits per heavy atom. The van der Waals surface area contributed by atoms with Gasteiger partial charge in [0.05, 0.1) is 24.5 Å². The molecule has 7 heteroatoms. The van der Waals surface area contributed by atoms with E-state index in [-0.39, 0.29) is 12.7 Å². The van der Waals surface area contributed by atoms with Crippen LogP contribution < -0.4 is 9.47 Å². The number of ether oxygens (including phenoxy) is 2. The highest BCUT2D eigenvalue weighted by atomic mass is 16.7. The van der Waals surface area contributed by atoms with Gasteiger partial charge in [-0.15, -0.1) is 0 Å². The second-order valence-corrected chi connectivity index (χ2v) is 7.56. The number of aromatic nitrogens is 2. The van der Waals surface area contributed by atoms with Crippen molar-refractivity contribution in [2.75, 3.05) is 19.9 Å². The molecule has 5 rings (SSSR count). The third-order valence-electron chi connectivity index (χ3n) is 5.78. The van der Waals surface area contributed by atoms with Crippen LogP contribution >= 0.6 is 0 Å². The van der Waals surface area contributed by atoms with E-state index in [1.165, 1.54) is 24.8 Å². The van der Waals surface area contributed by atoms with Crippen molar-refractivity contribution in [1.29, 1.82) is 0 Å². The van der Waals surface area contributed by atoms with Crippen LogP contribution in [0.2, 0.25) is 0 Å². The van der Waals surface area contributed by atoms with Crippen molar-refractivity contribution < 1.29 is 14.3 Å². The lowest BCUT2D eigenvalue weighted by atomic mass is 10.1. The number of hydrogen-bond acceptors (Lipinski definition) is 5. The summed E-state index contributed by atoms with van der Waals surface area (Å²) >= 11 is 0. The van der Waals surface area contributed by atoms with E-state index >= 15 is 0 Å². The summed E-state index contributed by atoms with van der Waals surface area (Å²) in [5.41, 5.74) is 4.13. The molecule has 0 atom stereocenters. The molecule has 1 aromatic heterocycles. The SMILES string of the molecule is Cn1nc(CN2CCCCC2)c2c1CN(C(=O)c1ccc3c(c1)OCO3)C2. The molecule has 7 nitrogen and oxygen atoms in total. The van der Waals surface area contributed by atoms with Gasteiger partial charge < -0.3 is 14.4 Å². The Balaban J connectivity index is 1.34. The maximum atomic E-state index is 13.0. The maximum Gasteiger partial charge on any atom is 0.254 e. The van der Waals surface area contributed by atoms with E-state index in [0.29, 0.717) is 30.2 Å². The van der Waals surface area contributed by atoms with Crippen LogP contribution in [0.5, 0.6) is 11.5 Å². The molecule has 27 heavy (non-hydrogen) atoms. The number of aryl methyl sites for hydroxylation is 1. The fourth-order valence-corrected chi connectivity index (χ4v) is 4.28. The number of hydrogen-bond donors (Lipinski definition) is 0. The van der Waals surface area contributed by atoms with Crippen molar-refractivity contribution in [3.8, 4) is 11.5 Å². The van der Waals surface area contributed by atoms with Crippen LogP contribution in [0.3, 0.4) is 0 Å². The van der Waals surface area contributed by atoms with Crippen molar-refractivity contribution in [2.45, 2.75) is 38.9 Å². The van der Waals surface area contributed by atoms with Gasteiger partial charge in [-0.3, -0.25) is 14.4 Å². The highest BCUT2D eigenvalue weighted by Crippen LogP contribution is 2.34. The zero-order chi connectivity index (χ0) is 18.4. The second-order valence-electron chi connectivity index (χ2n) is 7.56. The summed E-state index contributed by atoms with van der Waals surface area (Å²) in [5, 5.41) is 4.74. The minimum absolute atomic E-state index is 0.0217. The van der Waals surface area contributed by atoms with E-state index in [4.69, 9.17) is 14.6 Å². The van der Waals surface area contributed by atoms with Gasteiger partial charge in [0.2, 0.25) is 6.79 Å². The number of fused-ring (bicyclic) bond motifs is 2. The van der Waals surface area contributed by atoms with Gasteiger partial charge in [-0.1, -0.05) is 6.42 Å². The van der Waals surface area contributed by atoms with Crippen molar-refractivity contribution in [3.63, 3.8) is 0 Å². The molecular formula is C20H24N4O3. The first-order valence-corrected chi connectivity index (χ1v) is 9.64. The van der Waals surface area contributed by atoms with Gasteiger partial charge in [0, 0.05) is 24.7 Å². The van der Waals surface area contributed by atoms with Gasteiger partial charge >= 0.3 is 0 Å². The molecular weight excluding hydrogens is 344 g/mol. The van der Waals surface area contributed by atoms with E-state index < -0.39 is 0 Å². The van der Waals surface area contributed by atoms with Crippen LogP contribution in [0.1, 0.15) is 46.6 Å². The van der Waals surface area contributed by atoms with E-state index in [1.54, 1.807) is 6.07 Å². The van der Waals surface area contributed by atoms with Crippen LogP contribution in [-0.2, 0) is 26.7 Å². The van der Waals surface area contributed by atoms with E-state index in [9.17, 15) is 4.79 Å². The monoisotopic (exact) mass is 368 g/mol. The summed E-state index contributed by atoms with van der Waals surface area (Å²) < 4.78 is 12.7. The van der Waals surface area contributed by atoms with Gasteiger partial charge in [0.1, 0.15) is 0 Å². The Labute approximate surface area is 158 Å². The molecule has 0 aliphatic carbocycles. The molecule has 1 fully saturated rings. The van der Waals surface area contributed by atoms with E-state index in [0.717, 1.165) is 31.0 Å². The van der Waals surface area contributed by atoms with Crippen molar-refractivity contribution in [2.24, 2.45) is 7.05 Å². The standard InChI is InChI=1S/C20H24N4O3/c1-22-17-12-24(20(25)14-5-6-18-19(9-14)27-13-26-18)10-15(17)16(21-22)11-23-7-3-2-4-8-23/h5-6,9H,2-4,7-8,10-13H2,1H3. The summed E-state index contributed by atoms with van der Waals surface area (Å²) in [6.45, 7) is 4.62. The first kappa shape index (κ1) is 16.6. The summed E-state index contributed by atoms with van der Waals surface area (Å²) in [4.78, 5) is 17.4. The molecule has 3 aliphatic rings. The summed E-state index contributed by atoms with van der Waals surface area (Å²) in [6.07, 6.45) is 3.86. The predicted octanol–water partition coefficient (Wildman–Crippen LogP) is 2.29. The molecule has 3 aliphatic heterocycles. The predicted molar refractivity (Wildman–Crippen MR) is 98.5 cm³/mol. The fourth-order valence-electron chi connectivity index (χ4n) is 4.28. The Morgan fingerprint density at radius 3 is 2.78 bits per heavy atom. The van der Waals surface area contributed by atoms with Gasteiger partial charge in [-0.05, 0) is 44.1 Å². The lowest BCUT2D eigenvalue weighted by molar-refractivity contribution is 0.0747. The molecule has 0 N–H and O–H groups in total. The average Bonchev–Trinajstić information content (AvgIpc) is 3.39. The highest BCUT2D eigenvalue weighted by molar-refractivity contribution is 5.95. The molecule has 0 unspecified atom stereocenters. The largest absolute Gasteiger partial charge is 0.454 e. The highest BCUT2D eigenvalue weighted by Gasteiger charge is 2.31. The zero-order valence-corrected chi connectivity index (χ0v) is 15.6. The summed E-state index contributed by atoms with van der Waals surface area (Å²) in [7, 11) is 1.98. The Kier molecular flexibility index (Phi) is 4.04. The molecule has 0 radical (unpaired) electrons. The van der Waals surface area contributed by atoms with Gasteiger partial charge in [0.25, 0.3) is 5.91 Å². The topological polar surface area (TPSA) is 59.8 Å². The molecule has 1 saturated heterocycles. The van der Waals surface area contributed by atoms with Gasteiger partial charge in [-0.2, -0.15) is 5.10 Å². The second kappa shape index (κ2) is 6.56. The number of rotatable bonds is 3. The maximum absolute atomic E-state index is 13.0. The Morgan fingerprint density at radius 2 is 1.93 bits per heavy atom. The summed E-state index contributed by atoms with van der Waals surface area (Å²) in [5.74, 6) is 1.36. The minimum atomic E-state index is 0.0217. The molecule has 2 aromatic rings. The number of piperidine rings is 1. The van der Waals surface area contributed by atoms with Crippen LogP contribution in [0.25, 0.3) is 0 Å². The molecule has 4 heterocycles. The minimum Gasteiger partial charge on any atom is -0.454 e. The van der Waals surface area contributed by atoms with Gasteiger partial charge in [0.15, 0.2) is 11.5 Å². The number of nitrogens with zero attached hydrogens (tertiary/aromatic N) is 4. The number of carbonyl (C=O) groups is 1. The Bertz CT molecular complexity index is 886. The lowest BCUT2D eigenvalue weighted by Crippen LogP contribution is -2.30. The van der Waals surface area contributed by atoms with Crippen LogP contribution in [-0.4, -0.2) is 45.4 Å². The quantitative estimate of drug-likeness (QED) is 0.832. The fraction of sp³-hybridized carbons (Fsp3) is 0.500. The molecule has 142 valence electrons. The normalized spacial score (nSPS) is 18.8. The molecule has 0 bridgehead atoms. The van der Waals surface area contributed by atoms with Crippen LogP contribution in [0.15, 0.2) is 18.2 Å². The van der Waals surface area contributed by atoms with E-state index in [2.05, 4.69) is 4.90 Å². The lowest BCUT2D eigenvalue weighted by Gasteiger charge is -2.26. The number of amides is 1. The third-order valence-corrected chi connectivity index (χ3v) is 5.78. The summed E-state index contributed by atoms with van der Waals surface area (Å²) in [6, 6.07) is 5.40. The molecule has 1 amide bonds. The van der Waals surface area contributed by atoms with E-state index in [1.807, 2.05) is 28.8 Å². The average molecular weight is 368 g/mol. The number of carbonyl (C=O) groups excluding carboxylic acids is 1. The smallest absolute Gasteiger partial charge is 0.254 e. The first-order valence-electron chi connectivity index (χ1n) is 9.64. The number of benzene rings is 1. The first-order chi connectivity index (χ1) is 13.2. The number of likely N-dealkylation sites (tertiary alicyclic amines) is 1. The van der Waals surface area contributed by atoms with Crippen molar-refractivity contribution in [3.05, 3.63) is 40.7 Å². The van der Waals surface area contributed by atoms with Crippen LogP contribution in [0.4, 0.5) is 0 Å². The third kappa shape index (κ3) is 2.96. The van der Waals surface area contributed by atoms with Crippen LogP contribution in [0, 0.1) is 0 Å². The molecule has 0 spiro atoms. The molecule has 0 saturated carbocycles. The molecule has 1 aromatic carbocycles. The Hall–Kier alpha value is -2.54. The van der Waals surface area contributed by atoms with Crippen molar-refractivity contribution >= 4 is 5.91 Å².